The van der Waals surface area contributed by atoms with Gasteiger partial charge in [-0.3, -0.25) is 9.20 Å². The van der Waals surface area contributed by atoms with Gasteiger partial charge >= 0.3 is 0 Å². The molecule has 0 unspecified atom stereocenters. The van der Waals surface area contributed by atoms with Crippen LogP contribution in [0.25, 0.3) is 22.4 Å². The first-order chi connectivity index (χ1) is 15.6. The van der Waals surface area contributed by atoms with Crippen LogP contribution >= 0.6 is 11.8 Å². The van der Waals surface area contributed by atoms with Crippen molar-refractivity contribution in [1.29, 1.82) is 0 Å². The monoisotopic (exact) mass is 446 g/mol. The third-order valence-corrected chi connectivity index (χ3v) is 6.21. The van der Waals surface area contributed by atoms with Crippen LogP contribution in [-0.4, -0.2) is 29.3 Å². The van der Waals surface area contributed by atoms with Crippen LogP contribution in [0, 0.1) is 13.8 Å². The molecule has 5 rings (SSSR count). The van der Waals surface area contributed by atoms with Crippen LogP contribution in [0.3, 0.4) is 0 Å². The van der Waals surface area contributed by atoms with E-state index in [1.807, 2.05) is 54.6 Å². The normalized spacial score (nSPS) is 11.6. The molecule has 0 bridgehead atoms. The van der Waals surface area contributed by atoms with Gasteiger partial charge in [0.05, 0.1) is 22.3 Å². The molecule has 2 aromatic carbocycles. The zero-order valence-electron chi connectivity index (χ0n) is 18.1. The smallest absolute Gasteiger partial charge is 0.267 e. The van der Waals surface area contributed by atoms with Gasteiger partial charge in [0.2, 0.25) is 11.7 Å². The summed E-state index contributed by atoms with van der Waals surface area (Å²) in [4.78, 5) is 17.9. The van der Waals surface area contributed by atoms with E-state index >= 15 is 0 Å². The minimum atomic E-state index is -0.120. The van der Waals surface area contributed by atoms with Gasteiger partial charge in [0, 0.05) is 6.42 Å². The summed E-state index contributed by atoms with van der Waals surface area (Å²) in [5, 5.41) is 14.1. The van der Waals surface area contributed by atoms with E-state index in [0.717, 1.165) is 35.2 Å². The van der Waals surface area contributed by atoms with Crippen LogP contribution in [0.1, 0.15) is 36.2 Å². The molecule has 0 saturated carbocycles. The Labute approximate surface area is 188 Å². The van der Waals surface area contributed by atoms with Crippen LogP contribution in [0.4, 0.5) is 0 Å². The summed E-state index contributed by atoms with van der Waals surface area (Å²) in [6.07, 6.45) is 1.75. The number of aromatic nitrogens is 6. The molecule has 0 radical (unpaired) electrons. The fraction of sp³-hybridized carbons (Fsp3) is 0.261. The minimum Gasteiger partial charge on any atom is -0.338 e. The summed E-state index contributed by atoms with van der Waals surface area (Å²) in [5.41, 5.74) is 3.57. The second-order valence-corrected chi connectivity index (χ2v) is 8.65. The average Bonchev–Trinajstić information content (AvgIpc) is 3.41. The molecular weight excluding hydrogens is 424 g/mol. The summed E-state index contributed by atoms with van der Waals surface area (Å²) in [6.45, 7) is 6.11. The molecule has 0 fully saturated rings. The summed E-state index contributed by atoms with van der Waals surface area (Å²) in [6, 6.07) is 13.5. The van der Waals surface area contributed by atoms with Gasteiger partial charge in [-0.25, -0.2) is 4.57 Å². The van der Waals surface area contributed by atoms with Gasteiger partial charge in [0.25, 0.3) is 5.56 Å². The fourth-order valence-electron chi connectivity index (χ4n) is 3.85. The first-order valence-corrected chi connectivity index (χ1v) is 11.5. The van der Waals surface area contributed by atoms with Crippen LogP contribution in [0.2, 0.25) is 0 Å². The number of benzene rings is 2. The van der Waals surface area contributed by atoms with E-state index in [9.17, 15) is 4.79 Å². The fourth-order valence-corrected chi connectivity index (χ4v) is 4.62. The molecule has 0 N–H and O–H groups in total. The number of aryl methyl sites for hydroxylation is 3. The predicted octanol–water partition coefficient (Wildman–Crippen LogP) is 4.28. The second-order valence-electron chi connectivity index (χ2n) is 7.71. The van der Waals surface area contributed by atoms with E-state index in [0.29, 0.717) is 33.8 Å². The van der Waals surface area contributed by atoms with Crippen molar-refractivity contribution in [3.05, 3.63) is 75.7 Å². The first-order valence-electron chi connectivity index (χ1n) is 10.5. The zero-order chi connectivity index (χ0) is 22.2. The van der Waals surface area contributed by atoms with Crippen molar-refractivity contribution in [2.24, 2.45) is 0 Å². The molecular formula is C23H22N6O2S. The highest BCUT2D eigenvalue weighted by molar-refractivity contribution is 7.98. The number of nitrogens with zero attached hydrogens (tertiary/aromatic N) is 6. The van der Waals surface area contributed by atoms with Crippen LogP contribution in [0.5, 0.6) is 0 Å². The predicted molar refractivity (Wildman–Crippen MR) is 123 cm³/mol. The maximum atomic E-state index is 13.5. The van der Waals surface area contributed by atoms with Crippen molar-refractivity contribution < 1.29 is 4.52 Å². The number of para-hydroxylation sites is 1. The molecule has 0 aliphatic heterocycles. The number of fused-ring (bicyclic) bond motifs is 3. The molecule has 0 aliphatic carbocycles. The first kappa shape index (κ1) is 20.4. The van der Waals surface area contributed by atoms with E-state index in [4.69, 9.17) is 4.52 Å². The molecule has 3 heterocycles. The van der Waals surface area contributed by atoms with Crippen LogP contribution in [-0.2, 0) is 12.2 Å². The molecule has 32 heavy (non-hydrogen) atoms. The quantitative estimate of drug-likeness (QED) is 0.360. The van der Waals surface area contributed by atoms with E-state index in [2.05, 4.69) is 33.3 Å². The molecule has 0 saturated heterocycles. The van der Waals surface area contributed by atoms with Crippen molar-refractivity contribution in [2.45, 2.75) is 44.5 Å². The maximum Gasteiger partial charge on any atom is 0.267 e. The average molecular weight is 447 g/mol. The Kier molecular flexibility index (Phi) is 5.26. The van der Waals surface area contributed by atoms with Crippen molar-refractivity contribution in [1.82, 2.24) is 29.3 Å². The third kappa shape index (κ3) is 3.48. The Hall–Kier alpha value is -3.46. The van der Waals surface area contributed by atoms with Crippen molar-refractivity contribution in [2.75, 3.05) is 0 Å². The summed E-state index contributed by atoms with van der Waals surface area (Å²) in [7, 11) is 0. The van der Waals surface area contributed by atoms with Crippen molar-refractivity contribution in [3.63, 3.8) is 0 Å². The molecule has 8 nitrogen and oxygen atoms in total. The van der Waals surface area contributed by atoms with Crippen LogP contribution in [0.15, 0.2) is 56.9 Å². The standard InChI is InChI=1S/C23H22N6O2S/c1-4-7-19-24-20(31-27-19)13-32-23-26-25-22-28(17-11-10-14(2)12-15(17)3)21(30)16-8-5-6-9-18(16)29(22)23/h5-6,8-12H,4,7,13H2,1-3H3. The summed E-state index contributed by atoms with van der Waals surface area (Å²) in [5.74, 6) is 2.19. The second kappa shape index (κ2) is 8.23. The van der Waals surface area contributed by atoms with Gasteiger partial charge < -0.3 is 4.52 Å². The number of hydrogen-bond acceptors (Lipinski definition) is 7. The maximum absolute atomic E-state index is 13.5. The number of rotatable bonds is 6. The van der Waals surface area contributed by atoms with Crippen molar-refractivity contribution >= 4 is 28.4 Å². The van der Waals surface area contributed by atoms with E-state index in [-0.39, 0.29) is 5.56 Å². The molecule has 9 heteroatoms. The number of thioether (sulfide) groups is 1. The molecule has 162 valence electrons. The van der Waals surface area contributed by atoms with Crippen molar-refractivity contribution in [3.8, 4) is 5.69 Å². The van der Waals surface area contributed by atoms with Gasteiger partial charge in [-0.05, 0) is 44.0 Å². The Morgan fingerprint density at radius 3 is 2.75 bits per heavy atom. The van der Waals surface area contributed by atoms with Gasteiger partial charge in [0.1, 0.15) is 0 Å². The Morgan fingerprint density at radius 1 is 1.09 bits per heavy atom. The van der Waals surface area contributed by atoms with Gasteiger partial charge in [-0.2, -0.15) is 4.98 Å². The van der Waals surface area contributed by atoms with Gasteiger partial charge in [-0.15, -0.1) is 10.2 Å². The minimum absolute atomic E-state index is 0.120. The summed E-state index contributed by atoms with van der Waals surface area (Å²) >= 11 is 1.45. The molecule has 0 spiro atoms. The molecule has 5 aromatic rings. The number of hydrogen-bond donors (Lipinski definition) is 0. The molecule has 0 atom stereocenters. The van der Waals surface area contributed by atoms with Crippen LogP contribution < -0.4 is 5.56 Å². The van der Waals surface area contributed by atoms with Gasteiger partial charge in [-0.1, -0.05) is 53.7 Å². The Morgan fingerprint density at radius 2 is 1.94 bits per heavy atom. The van der Waals surface area contributed by atoms with E-state index in [1.54, 1.807) is 4.57 Å². The Balaban J connectivity index is 1.66. The lowest BCUT2D eigenvalue weighted by Gasteiger charge is -2.13. The topological polar surface area (TPSA) is 91.1 Å². The van der Waals surface area contributed by atoms with Gasteiger partial charge in [0.15, 0.2) is 11.0 Å². The van der Waals surface area contributed by atoms with E-state index < -0.39 is 0 Å². The molecule has 3 aromatic heterocycles. The lowest BCUT2D eigenvalue weighted by atomic mass is 10.1. The Bertz CT molecular complexity index is 1500. The van der Waals surface area contributed by atoms with E-state index in [1.165, 1.54) is 11.8 Å². The highest BCUT2D eigenvalue weighted by Crippen LogP contribution is 2.26. The summed E-state index contributed by atoms with van der Waals surface area (Å²) < 4.78 is 8.92. The molecule has 0 amide bonds. The SMILES string of the molecule is CCCc1noc(CSc2nnc3n(-c4ccc(C)cc4C)c(=O)c4ccccc4n23)n1. The third-order valence-electron chi connectivity index (χ3n) is 5.30. The lowest BCUT2D eigenvalue weighted by molar-refractivity contribution is 0.384. The highest BCUT2D eigenvalue weighted by atomic mass is 32.2. The molecule has 0 aliphatic rings. The zero-order valence-corrected chi connectivity index (χ0v) is 18.9. The highest BCUT2D eigenvalue weighted by Gasteiger charge is 2.19. The lowest BCUT2D eigenvalue weighted by Crippen LogP contribution is -2.22. The largest absolute Gasteiger partial charge is 0.338 e.